The van der Waals surface area contributed by atoms with Crippen LogP contribution in [0.2, 0.25) is 0 Å². The fourth-order valence-corrected chi connectivity index (χ4v) is 10.0. The van der Waals surface area contributed by atoms with E-state index in [-0.39, 0.29) is 0 Å². The van der Waals surface area contributed by atoms with Crippen molar-refractivity contribution in [3.8, 4) is 11.8 Å². The topological polar surface area (TPSA) is 80.2 Å². The number of rotatable bonds is 1. The van der Waals surface area contributed by atoms with Gasteiger partial charge in [-0.15, -0.1) is 15.3 Å². The molecule has 12 rings (SSSR count). The van der Waals surface area contributed by atoms with Gasteiger partial charge >= 0.3 is 0 Å². The summed E-state index contributed by atoms with van der Waals surface area (Å²) in [6.07, 6.45) is 6.46. The Kier molecular flexibility index (Phi) is 14.7. The van der Waals surface area contributed by atoms with E-state index in [0.29, 0.717) is 0 Å². The highest BCUT2D eigenvalue weighted by Crippen LogP contribution is 2.38. The van der Waals surface area contributed by atoms with Gasteiger partial charge in [0.25, 0.3) is 0 Å². The lowest BCUT2D eigenvalue weighted by Gasteiger charge is -2.03. The van der Waals surface area contributed by atoms with Crippen molar-refractivity contribution in [3.63, 3.8) is 0 Å². The average Bonchev–Trinajstić information content (AvgIpc) is 4.17. The summed E-state index contributed by atoms with van der Waals surface area (Å²) in [4.78, 5) is 18.2. The molecule has 5 aromatic carbocycles. The van der Waals surface area contributed by atoms with E-state index in [4.69, 9.17) is 4.99 Å². The molecule has 0 atom stereocenters. The Balaban J connectivity index is 0.000000118. The van der Waals surface area contributed by atoms with E-state index < -0.39 is 0 Å². The summed E-state index contributed by atoms with van der Waals surface area (Å²) in [7, 11) is 4.00. The Labute approximate surface area is 418 Å². The molecule has 70 heavy (non-hydrogen) atoms. The van der Waals surface area contributed by atoms with Crippen molar-refractivity contribution in [2.24, 2.45) is 36.1 Å². The quantitative estimate of drug-likeness (QED) is 0.119. The SMILES string of the molecule is CC#CC1=Nc2cc(C)c(C)cc2C1.CC(C)=C(C)C1=Nc2cc(C)c(C)cc2C1.CC1=Nc2cc3c(cc2C1)C[N+](C)=N3.CC1=Nc2cc3c(cc2C1)N=[N+](C)C3.Cc1cc2c(cc1C)CC(C)C2. The number of hydrogen-bond acceptors (Lipinski definition) is 6. The monoisotopic (exact) mass is 929 g/mol. The van der Waals surface area contributed by atoms with Crippen molar-refractivity contribution >= 4 is 57.0 Å². The molecule has 7 aliphatic rings. The molecule has 5 aromatic rings. The fourth-order valence-electron chi connectivity index (χ4n) is 10.0. The van der Waals surface area contributed by atoms with Crippen molar-refractivity contribution in [1.29, 1.82) is 0 Å². The van der Waals surface area contributed by atoms with Gasteiger partial charge < -0.3 is 0 Å². The summed E-state index contributed by atoms with van der Waals surface area (Å²) in [5.74, 6) is 6.79. The molecule has 0 saturated heterocycles. The van der Waals surface area contributed by atoms with Crippen LogP contribution >= 0.6 is 0 Å². The van der Waals surface area contributed by atoms with Crippen molar-refractivity contribution in [2.75, 3.05) is 14.1 Å². The van der Waals surface area contributed by atoms with Gasteiger partial charge in [0.2, 0.25) is 0 Å². The van der Waals surface area contributed by atoms with Crippen molar-refractivity contribution in [1.82, 2.24) is 0 Å². The largest absolute Gasteiger partial charge is 0.257 e. The molecule has 8 nitrogen and oxygen atoms in total. The molecule has 358 valence electrons. The van der Waals surface area contributed by atoms with Gasteiger partial charge in [0.1, 0.15) is 11.4 Å². The maximum atomic E-state index is 4.73. The van der Waals surface area contributed by atoms with Crippen molar-refractivity contribution in [2.45, 2.75) is 142 Å². The summed E-state index contributed by atoms with van der Waals surface area (Å²) >= 11 is 0. The van der Waals surface area contributed by atoms with E-state index in [1.807, 2.05) is 30.4 Å². The molecule has 0 radical (unpaired) electrons. The summed E-state index contributed by atoms with van der Waals surface area (Å²) in [5, 5.41) is 8.86. The number of allylic oxidation sites excluding steroid dienone is 2. The molecule has 0 saturated carbocycles. The first-order valence-corrected chi connectivity index (χ1v) is 25.1. The standard InChI is InChI=1S/C15H19N.C13H13N.C12H16.2C11H12N3/c1-9(2)12(5)14-8-13-6-10(3)11(4)7-15(13)16-14;1-4-5-12-8-11-6-9(2)10(3)7-13(11)14-12;1-8-4-11-6-9(2)10(3)7-12(11)5-8;1-7-3-8-4-11-9(5-10(8)12-7)6-14(2)13-11;1-7-3-8-4-9-6-14(2)13-11(9)5-10(8)12-7/h6-7H,8H2,1-5H3;6-7H,8H2,1-3H3;6-8H,4-5H2,1-3H3;2*4-5H,3,6H2,1-2H3/q;;;2*+1. The molecule has 0 spiro atoms. The van der Waals surface area contributed by atoms with Crippen LogP contribution in [0.1, 0.15) is 126 Å². The predicted molar refractivity (Wildman–Crippen MR) is 293 cm³/mol. The molecule has 0 aromatic heterocycles. The van der Waals surface area contributed by atoms with Crippen LogP contribution in [-0.4, -0.2) is 46.3 Å². The minimum atomic E-state index is 0.862. The molecule has 0 unspecified atom stereocenters. The van der Waals surface area contributed by atoms with Crippen LogP contribution in [0.15, 0.2) is 102 Å². The second kappa shape index (κ2) is 20.7. The van der Waals surface area contributed by atoms with Gasteiger partial charge in [0.05, 0.1) is 39.6 Å². The first kappa shape index (κ1) is 49.7. The average molecular weight is 929 g/mol. The van der Waals surface area contributed by atoms with Gasteiger partial charge in [-0.2, -0.15) is 0 Å². The van der Waals surface area contributed by atoms with Crippen LogP contribution in [0, 0.1) is 59.3 Å². The Bertz CT molecular complexity index is 3140. The third-order valence-corrected chi connectivity index (χ3v) is 14.5. The highest BCUT2D eigenvalue weighted by atomic mass is 15.3. The number of fused-ring (bicyclic) bond motifs is 7. The molecule has 6 heterocycles. The Hall–Kier alpha value is -6.72. The first-order chi connectivity index (χ1) is 33.3. The number of nitrogens with zero attached hydrogens (tertiary/aromatic N) is 8. The van der Waals surface area contributed by atoms with Gasteiger partial charge in [-0.05, 0) is 221 Å². The predicted octanol–water partition coefficient (Wildman–Crippen LogP) is 15.4. The van der Waals surface area contributed by atoms with Crippen LogP contribution in [0.5, 0.6) is 0 Å². The zero-order chi connectivity index (χ0) is 50.1. The molecular formula is C62H72N8+2. The summed E-state index contributed by atoms with van der Waals surface area (Å²) < 4.78 is 3.94. The lowest BCUT2D eigenvalue weighted by Crippen LogP contribution is -2.01. The number of hydrogen-bond donors (Lipinski definition) is 0. The van der Waals surface area contributed by atoms with E-state index in [1.165, 1.54) is 114 Å². The van der Waals surface area contributed by atoms with Crippen LogP contribution in [0.3, 0.4) is 0 Å². The minimum absolute atomic E-state index is 0.862. The fraction of sp³-hybridized carbons (Fsp3) is 0.387. The number of aryl methyl sites for hydroxylation is 6. The number of benzene rings is 5. The van der Waals surface area contributed by atoms with Crippen LogP contribution < -0.4 is 0 Å². The van der Waals surface area contributed by atoms with Crippen molar-refractivity contribution < 1.29 is 9.39 Å². The molecule has 1 aliphatic carbocycles. The lowest BCUT2D eigenvalue weighted by molar-refractivity contribution is -0.570. The molecule has 0 bridgehead atoms. The summed E-state index contributed by atoms with van der Waals surface area (Å²) in [6, 6.07) is 22.3. The van der Waals surface area contributed by atoms with E-state index >= 15 is 0 Å². The van der Waals surface area contributed by atoms with Gasteiger partial charge in [-0.25, -0.2) is 4.99 Å². The minimum Gasteiger partial charge on any atom is -0.257 e. The van der Waals surface area contributed by atoms with Gasteiger partial charge in [-0.3, -0.25) is 15.0 Å². The number of azo groups is 4. The molecule has 0 N–H and O–H groups in total. The Morgan fingerprint density at radius 1 is 0.457 bits per heavy atom. The maximum absolute atomic E-state index is 4.73. The van der Waals surface area contributed by atoms with Gasteiger partial charge in [0.15, 0.2) is 27.2 Å². The van der Waals surface area contributed by atoms with Crippen LogP contribution in [-0.2, 0) is 51.6 Å². The summed E-state index contributed by atoms with van der Waals surface area (Å²) in [6.45, 7) is 29.6. The molecule has 6 aliphatic heterocycles. The highest BCUT2D eigenvalue weighted by Gasteiger charge is 2.25. The van der Waals surface area contributed by atoms with Gasteiger partial charge in [-0.1, -0.05) is 42.7 Å². The molecular weight excluding hydrogens is 857 g/mol. The first-order valence-electron chi connectivity index (χ1n) is 25.1. The van der Waals surface area contributed by atoms with Crippen LogP contribution in [0.25, 0.3) is 0 Å². The molecule has 0 fully saturated rings. The summed E-state index contributed by atoms with van der Waals surface area (Å²) in [5.41, 5.74) is 33.5. The molecule has 8 heteroatoms. The van der Waals surface area contributed by atoms with Crippen molar-refractivity contribution in [3.05, 3.63) is 150 Å². The van der Waals surface area contributed by atoms with E-state index in [9.17, 15) is 0 Å². The van der Waals surface area contributed by atoms with Gasteiger partial charge in [0, 0.05) is 42.8 Å². The lowest BCUT2D eigenvalue weighted by atomic mass is 9.99. The third kappa shape index (κ3) is 11.3. The maximum Gasteiger partial charge on any atom is 0.196 e. The Morgan fingerprint density at radius 2 is 0.871 bits per heavy atom. The smallest absolute Gasteiger partial charge is 0.196 e. The van der Waals surface area contributed by atoms with Crippen LogP contribution in [0.4, 0.5) is 34.1 Å². The third-order valence-electron chi connectivity index (χ3n) is 14.5. The highest BCUT2D eigenvalue weighted by molar-refractivity contribution is 6.07. The van der Waals surface area contributed by atoms with E-state index in [2.05, 4.69) is 181 Å². The van der Waals surface area contributed by atoms with E-state index in [1.54, 1.807) is 11.1 Å². The second-order valence-electron chi connectivity index (χ2n) is 20.9. The van der Waals surface area contributed by atoms with E-state index in [0.717, 1.165) is 78.8 Å². The normalized spacial score (nSPS) is 15.5. The number of aliphatic imine (C=N–C) groups is 4. The second-order valence-corrected chi connectivity index (χ2v) is 20.9. The zero-order valence-corrected chi connectivity index (χ0v) is 44.6. The Morgan fingerprint density at radius 3 is 1.41 bits per heavy atom. The zero-order valence-electron chi connectivity index (χ0n) is 44.6. The molecule has 0 amide bonds.